The number of nitrogens with zero attached hydrogens (tertiary/aromatic N) is 1. The highest BCUT2D eigenvalue weighted by Crippen LogP contribution is 2.35. The van der Waals surface area contributed by atoms with E-state index >= 15 is 0 Å². The second-order valence-electron chi connectivity index (χ2n) is 7.17. The van der Waals surface area contributed by atoms with Gasteiger partial charge in [-0.1, -0.05) is 37.6 Å². The van der Waals surface area contributed by atoms with Gasteiger partial charge in [0.25, 0.3) is 0 Å². The molecule has 1 saturated carbocycles. The normalized spacial score (nSPS) is 29.1. The Hall–Kier alpha value is -0.860. The third-order valence-electron chi connectivity index (χ3n) is 5.78. The van der Waals surface area contributed by atoms with Crippen LogP contribution in [0, 0.1) is 5.92 Å². The molecule has 3 atom stereocenters. The first kappa shape index (κ1) is 15.1. The molecule has 0 aromatic heterocycles. The molecule has 2 N–H and O–H groups in total. The van der Waals surface area contributed by atoms with Gasteiger partial charge in [0.1, 0.15) is 0 Å². The van der Waals surface area contributed by atoms with Crippen LogP contribution in [-0.4, -0.2) is 30.1 Å². The summed E-state index contributed by atoms with van der Waals surface area (Å²) in [5.41, 5.74) is 9.27. The van der Waals surface area contributed by atoms with Crippen molar-refractivity contribution in [2.45, 2.75) is 64.0 Å². The van der Waals surface area contributed by atoms with Crippen molar-refractivity contribution in [3.63, 3.8) is 0 Å². The average molecular weight is 286 g/mol. The highest BCUT2D eigenvalue weighted by molar-refractivity contribution is 5.26. The van der Waals surface area contributed by atoms with Crippen molar-refractivity contribution >= 4 is 0 Å². The van der Waals surface area contributed by atoms with Crippen LogP contribution in [0.3, 0.4) is 0 Å². The third kappa shape index (κ3) is 3.32. The van der Waals surface area contributed by atoms with E-state index in [1.165, 1.54) is 36.9 Å². The largest absolute Gasteiger partial charge is 0.327 e. The van der Waals surface area contributed by atoms with Crippen LogP contribution >= 0.6 is 0 Å². The van der Waals surface area contributed by atoms with Gasteiger partial charge in [-0.3, -0.25) is 4.90 Å². The molecule has 1 heterocycles. The Morgan fingerprint density at radius 3 is 2.48 bits per heavy atom. The summed E-state index contributed by atoms with van der Waals surface area (Å²) in [7, 11) is 0. The molecule has 1 aliphatic heterocycles. The molecule has 0 radical (unpaired) electrons. The van der Waals surface area contributed by atoms with E-state index in [1.807, 2.05) is 0 Å². The predicted octanol–water partition coefficient (Wildman–Crippen LogP) is 3.55. The minimum atomic E-state index is 0.331. The highest BCUT2D eigenvalue weighted by Gasteiger charge is 2.34. The first-order chi connectivity index (χ1) is 10.2. The fraction of sp³-hybridized carbons (Fsp3) is 0.684. The molecule has 1 aromatic rings. The zero-order valence-corrected chi connectivity index (χ0v) is 13.6. The molecule has 2 heteroatoms. The van der Waals surface area contributed by atoms with Crippen LogP contribution in [0.4, 0.5) is 0 Å². The van der Waals surface area contributed by atoms with E-state index in [1.54, 1.807) is 0 Å². The quantitative estimate of drug-likeness (QED) is 0.917. The summed E-state index contributed by atoms with van der Waals surface area (Å²) in [6, 6.07) is 10.3. The number of piperidine rings is 1. The van der Waals surface area contributed by atoms with E-state index in [9.17, 15) is 0 Å². The van der Waals surface area contributed by atoms with E-state index in [-0.39, 0.29) is 0 Å². The average Bonchev–Trinajstić information content (AvgIpc) is 2.45. The van der Waals surface area contributed by atoms with Crippen molar-refractivity contribution in [2.24, 2.45) is 11.7 Å². The summed E-state index contributed by atoms with van der Waals surface area (Å²) in [5, 5.41) is 0. The summed E-state index contributed by atoms with van der Waals surface area (Å²) in [6.07, 6.45) is 6.52. The molecule has 1 aromatic carbocycles. The third-order valence-corrected chi connectivity index (χ3v) is 5.78. The fourth-order valence-corrected chi connectivity index (χ4v) is 3.99. The monoisotopic (exact) mass is 286 g/mol. The molecule has 0 amide bonds. The molecule has 3 rings (SSSR count). The van der Waals surface area contributed by atoms with Crippen LogP contribution in [0.2, 0.25) is 0 Å². The number of benzene rings is 1. The maximum absolute atomic E-state index is 6.36. The van der Waals surface area contributed by atoms with Gasteiger partial charge in [-0.25, -0.2) is 0 Å². The van der Waals surface area contributed by atoms with Gasteiger partial charge in [0.05, 0.1) is 0 Å². The summed E-state index contributed by atoms with van der Waals surface area (Å²) < 4.78 is 0. The summed E-state index contributed by atoms with van der Waals surface area (Å²) >= 11 is 0. The van der Waals surface area contributed by atoms with Crippen LogP contribution < -0.4 is 5.73 Å². The Bertz CT molecular complexity index is 449. The van der Waals surface area contributed by atoms with Crippen molar-refractivity contribution in [2.75, 3.05) is 13.1 Å². The van der Waals surface area contributed by atoms with Gasteiger partial charge in [-0.15, -0.1) is 0 Å². The van der Waals surface area contributed by atoms with Crippen molar-refractivity contribution in [1.29, 1.82) is 0 Å². The minimum Gasteiger partial charge on any atom is -0.327 e. The van der Waals surface area contributed by atoms with Crippen molar-refractivity contribution in [1.82, 2.24) is 4.90 Å². The molecule has 1 aliphatic carbocycles. The standard InChI is InChI=1S/C19H30N2/c1-3-15-7-9-17(10-8-15)18-11-19(20)13-21(12-18)14(2)16-5-4-6-16/h7-10,14,16,18-19H,3-6,11-13,20H2,1-2H3. The van der Waals surface area contributed by atoms with Gasteiger partial charge in [-0.05, 0) is 55.6 Å². The molecule has 2 fully saturated rings. The lowest BCUT2D eigenvalue weighted by Crippen LogP contribution is -2.52. The number of hydrogen-bond acceptors (Lipinski definition) is 2. The predicted molar refractivity (Wildman–Crippen MR) is 89.5 cm³/mol. The van der Waals surface area contributed by atoms with Gasteiger partial charge in [0.15, 0.2) is 0 Å². The summed E-state index contributed by atoms with van der Waals surface area (Å²) in [4.78, 5) is 2.66. The van der Waals surface area contributed by atoms with Gasteiger partial charge < -0.3 is 5.73 Å². The lowest BCUT2D eigenvalue weighted by Gasteiger charge is -2.45. The maximum atomic E-state index is 6.36. The lowest BCUT2D eigenvalue weighted by atomic mass is 9.78. The zero-order valence-electron chi connectivity index (χ0n) is 13.6. The number of hydrogen-bond donors (Lipinski definition) is 1. The maximum Gasteiger partial charge on any atom is 0.0174 e. The molecule has 2 nitrogen and oxygen atoms in total. The smallest absolute Gasteiger partial charge is 0.0174 e. The van der Waals surface area contributed by atoms with Gasteiger partial charge in [0.2, 0.25) is 0 Å². The molecule has 3 unspecified atom stereocenters. The first-order valence-corrected chi connectivity index (χ1v) is 8.75. The molecular formula is C19H30N2. The van der Waals surface area contributed by atoms with Crippen LogP contribution in [0.1, 0.15) is 56.6 Å². The van der Waals surface area contributed by atoms with Gasteiger partial charge in [-0.2, -0.15) is 0 Å². The van der Waals surface area contributed by atoms with Crippen molar-refractivity contribution in [3.8, 4) is 0 Å². The Morgan fingerprint density at radius 2 is 1.90 bits per heavy atom. The van der Waals surface area contributed by atoms with Crippen LogP contribution in [0.25, 0.3) is 0 Å². The second kappa shape index (κ2) is 6.50. The summed E-state index contributed by atoms with van der Waals surface area (Å²) in [5.74, 6) is 1.53. The topological polar surface area (TPSA) is 29.3 Å². The highest BCUT2D eigenvalue weighted by atomic mass is 15.2. The van der Waals surface area contributed by atoms with Crippen LogP contribution in [0.5, 0.6) is 0 Å². The lowest BCUT2D eigenvalue weighted by molar-refractivity contribution is 0.0738. The Balaban J connectivity index is 1.69. The van der Waals surface area contributed by atoms with Crippen molar-refractivity contribution in [3.05, 3.63) is 35.4 Å². The van der Waals surface area contributed by atoms with E-state index in [0.717, 1.165) is 25.3 Å². The second-order valence-corrected chi connectivity index (χ2v) is 7.17. The van der Waals surface area contributed by atoms with Gasteiger partial charge in [0, 0.05) is 25.2 Å². The molecular weight excluding hydrogens is 256 g/mol. The number of nitrogens with two attached hydrogens (primary N) is 1. The Morgan fingerprint density at radius 1 is 1.19 bits per heavy atom. The number of aryl methyl sites for hydroxylation is 1. The zero-order chi connectivity index (χ0) is 14.8. The van der Waals surface area contributed by atoms with Crippen LogP contribution in [-0.2, 0) is 6.42 Å². The van der Waals surface area contributed by atoms with E-state index in [0.29, 0.717) is 18.0 Å². The Labute approximate surface area is 129 Å². The van der Waals surface area contributed by atoms with Crippen LogP contribution in [0.15, 0.2) is 24.3 Å². The molecule has 0 bridgehead atoms. The van der Waals surface area contributed by atoms with Crippen molar-refractivity contribution < 1.29 is 0 Å². The van der Waals surface area contributed by atoms with E-state index in [2.05, 4.69) is 43.0 Å². The molecule has 21 heavy (non-hydrogen) atoms. The number of likely N-dealkylation sites (tertiary alicyclic amines) is 1. The molecule has 2 aliphatic rings. The minimum absolute atomic E-state index is 0.331. The fourth-order valence-electron chi connectivity index (χ4n) is 3.99. The molecule has 0 spiro atoms. The van der Waals surface area contributed by atoms with E-state index < -0.39 is 0 Å². The van der Waals surface area contributed by atoms with Gasteiger partial charge >= 0.3 is 0 Å². The molecule has 1 saturated heterocycles. The Kier molecular flexibility index (Phi) is 4.66. The first-order valence-electron chi connectivity index (χ1n) is 8.75. The van der Waals surface area contributed by atoms with E-state index in [4.69, 9.17) is 5.73 Å². The molecule has 116 valence electrons. The SMILES string of the molecule is CCc1ccc(C2CC(N)CN(C(C)C3CCC3)C2)cc1. The number of rotatable bonds is 4. The summed E-state index contributed by atoms with van der Waals surface area (Å²) in [6.45, 7) is 6.91.